The fraction of sp³-hybridized carbons (Fsp3) is 0.387. The van der Waals surface area contributed by atoms with Gasteiger partial charge in [-0.1, -0.05) is 25.5 Å². The van der Waals surface area contributed by atoms with E-state index in [1.807, 2.05) is 37.3 Å². The van der Waals surface area contributed by atoms with E-state index in [9.17, 15) is 14.9 Å². The Morgan fingerprint density at radius 1 is 1.25 bits per heavy atom. The highest BCUT2D eigenvalue weighted by Crippen LogP contribution is 2.47. The second-order valence-corrected chi connectivity index (χ2v) is 11.0. The number of allylic oxidation sites excluding steroid dienone is 4. The van der Waals surface area contributed by atoms with Crippen LogP contribution in [0.3, 0.4) is 0 Å². The van der Waals surface area contributed by atoms with E-state index in [0.29, 0.717) is 50.4 Å². The molecule has 40 heavy (non-hydrogen) atoms. The van der Waals surface area contributed by atoms with Gasteiger partial charge in [-0.05, 0) is 77.0 Å². The van der Waals surface area contributed by atoms with Crippen molar-refractivity contribution in [3.8, 4) is 17.6 Å². The van der Waals surface area contributed by atoms with E-state index in [1.165, 1.54) is 7.11 Å². The van der Waals surface area contributed by atoms with Crippen LogP contribution < -0.4 is 20.5 Å². The third kappa shape index (κ3) is 5.93. The number of nitrogens with two attached hydrogens (primary N) is 1. The minimum Gasteiger partial charge on any atom is -0.497 e. The van der Waals surface area contributed by atoms with E-state index in [-0.39, 0.29) is 18.3 Å². The second kappa shape index (κ2) is 12.7. The van der Waals surface area contributed by atoms with Crippen LogP contribution >= 0.6 is 15.9 Å². The fourth-order valence-corrected chi connectivity index (χ4v) is 6.29. The smallest absolute Gasteiger partial charge is 0.251 e. The van der Waals surface area contributed by atoms with Gasteiger partial charge in [0, 0.05) is 36.1 Å². The quantitative estimate of drug-likeness (QED) is 0.353. The number of Topliss-reactive ketones (excluding diaryl/α,β-unsaturated/α-hetero) is 1. The van der Waals surface area contributed by atoms with E-state index >= 15 is 0 Å². The summed E-state index contributed by atoms with van der Waals surface area (Å²) in [5, 5.41) is 13.5. The Kier molecular flexibility index (Phi) is 9.33. The van der Waals surface area contributed by atoms with Crippen LogP contribution in [0.4, 0.5) is 0 Å². The number of ether oxygens (including phenoxy) is 3. The largest absolute Gasteiger partial charge is 0.497 e. The van der Waals surface area contributed by atoms with E-state index in [4.69, 9.17) is 19.9 Å². The van der Waals surface area contributed by atoms with Crippen LogP contribution in [0.2, 0.25) is 0 Å². The number of hydrogen-bond donors (Lipinski definition) is 2. The average molecular weight is 609 g/mol. The molecule has 2 aromatic carbocycles. The maximum Gasteiger partial charge on any atom is 0.251 e. The molecule has 3 atom stereocenters. The summed E-state index contributed by atoms with van der Waals surface area (Å²) in [4.78, 5) is 26.0. The lowest BCUT2D eigenvalue weighted by molar-refractivity contribution is -0.128. The first-order chi connectivity index (χ1) is 19.2. The zero-order valence-electron chi connectivity index (χ0n) is 23.2. The van der Waals surface area contributed by atoms with Gasteiger partial charge in [0.05, 0.1) is 29.1 Å². The Morgan fingerprint density at radius 3 is 2.67 bits per heavy atom. The Balaban J connectivity index is 1.83. The number of dihydropyridines is 1. The van der Waals surface area contributed by atoms with Crippen molar-refractivity contribution in [2.75, 3.05) is 14.2 Å². The number of amides is 1. The van der Waals surface area contributed by atoms with E-state index < -0.39 is 17.9 Å². The predicted molar refractivity (Wildman–Crippen MR) is 154 cm³/mol. The molecule has 3 unspecified atom stereocenters. The van der Waals surface area contributed by atoms with Crippen LogP contribution in [0.15, 0.2) is 63.4 Å². The number of ketones is 1. The normalized spacial score (nSPS) is 19.4. The monoisotopic (exact) mass is 607 g/mol. The number of carbonyl (C=O) groups excluding carboxylic acids is 2. The molecule has 0 spiro atoms. The van der Waals surface area contributed by atoms with Gasteiger partial charge in [-0.15, -0.1) is 0 Å². The summed E-state index contributed by atoms with van der Waals surface area (Å²) in [6, 6.07) is 13.4. The van der Waals surface area contributed by atoms with Crippen LogP contribution in [0.1, 0.15) is 68.2 Å². The van der Waals surface area contributed by atoms with Crippen molar-refractivity contribution in [2.45, 2.75) is 58.2 Å². The van der Waals surface area contributed by atoms with E-state index in [1.54, 1.807) is 13.2 Å². The average Bonchev–Trinajstić information content (AvgIpc) is 2.92. The molecular weight excluding hydrogens is 574 g/mol. The maximum atomic E-state index is 13.5. The molecule has 210 valence electrons. The first kappa shape index (κ1) is 29.4. The molecule has 1 heterocycles. The molecule has 0 fully saturated rings. The topological polar surface area (TPSA) is 124 Å². The molecule has 3 N–H and O–H groups in total. The van der Waals surface area contributed by atoms with Crippen molar-refractivity contribution < 1.29 is 23.8 Å². The number of nitrogens with zero attached hydrogens (tertiary/aromatic N) is 1. The summed E-state index contributed by atoms with van der Waals surface area (Å²) in [7, 11) is 2.99. The molecule has 8 nitrogen and oxygen atoms in total. The number of nitrogens with one attached hydrogen (secondary N) is 1. The third-order valence-corrected chi connectivity index (χ3v) is 8.04. The zero-order chi connectivity index (χ0) is 29.0. The lowest BCUT2D eigenvalue weighted by Gasteiger charge is -2.36. The first-order valence-corrected chi connectivity index (χ1v) is 14.1. The van der Waals surface area contributed by atoms with Crippen LogP contribution in [0.5, 0.6) is 11.5 Å². The number of primary amides is 1. The number of benzene rings is 2. The van der Waals surface area contributed by atoms with Gasteiger partial charge in [0.2, 0.25) is 0 Å². The number of carbonyl (C=O) groups is 2. The van der Waals surface area contributed by atoms with Crippen molar-refractivity contribution in [3.63, 3.8) is 0 Å². The number of nitriles is 1. The maximum absolute atomic E-state index is 13.5. The van der Waals surface area contributed by atoms with Crippen molar-refractivity contribution >= 4 is 27.6 Å². The van der Waals surface area contributed by atoms with Gasteiger partial charge in [-0.3, -0.25) is 9.59 Å². The number of rotatable bonds is 10. The molecule has 0 bridgehead atoms. The van der Waals surface area contributed by atoms with Crippen molar-refractivity contribution in [2.24, 2.45) is 11.7 Å². The Morgan fingerprint density at radius 2 is 2.02 bits per heavy atom. The van der Waals surface area contributed by atoms with Crippen molar-refractivity contribution in [3.05, 3.63) is 80.1 Å². The van der Waals surface area contributed by atoms with Gasteiger partial charge in [0.25, 0.3) is 5.91 Å². The molecule has 0 radical (unpaired) electrons. The summed E-state index contributed by atoms with van der Waals surface area (Å²) >= 11 is 3.63. The van der Waals surface area contributed by atoms with Crippen molar-refractivity contribution in [1.29, 1.82) is 5.26 Å². The minimum atomic E-state index is -1.11. The summed E-state index contributed by atoms with van der Waals surface area (Å²) in [6.07, 6.45) is 2.05. The summed E-state index contributed by atoms with van der Waals surface area (Å²) in [5.41, 5.74) is 10.3. The minimum absolute atomic E-state index is 0.0340. The molecule has 0 saturated carbocycles. The summed E-state index contributed by atoms with van der Waals surface area (Å²) in [6.45, 7) is 4.16. The van der Waals surface area contributed by atoms with E-state index in [2.05, 4.69) is 34.2 Å². The zero-order valence-corrected chi connectivity index (χ0v) is 24.8. The Labute approximate surface area is 243 Å². The van der Waals surface area contributed by atoms with Gasteiger partial charge in [0.1, 0.15) is 18.1 Å². The number of halogens is 1. The fourth-order valence-electron chi connectivity index (χ4n) is 5.68. The van der Waals surface area contributed by atoms with E-state index in [0.717, 1.165) is 30.5 Å². The van der Waals surface area contributed by atoms with Gasteiger partial charge < -0.3 is 25.3 Å². The highest BCUT2D eigenvalue weighted by Gasteiger charge is 2.39. The Bertz CT molecular complexity index is 1420. The van der Waals surface area contributed by atoms with Gasteiger partial charge in [0.15, 0.2) is 11.9 Å². The molecule has 2 aromatic rings. The van der Waals surface area contributed by atoms with Crippen LogP contribution in [0, 0.1) is 17.2 Å². The molecule has 2 aliphatic rings. The highest BCUT2D eigenvalue weighted by atomic mass is 79.9. The molecule has 0 saturated heterocycles. The van der Waals surface area contributed by atoms with Crippen LogP contribution in [-0.4, -0.2) is 25.9 Å². The Hall–Kier alpha value is -3.61. The molecule has 1 amide bonds. The highest BCUT2D eigenvalue weighted by molar-refractivity contribution is 9.10. The van der Waals surface area contributed by atoms with Crippen LogP contribution in [-0.2, 0) is 20.9 Å². The summed E-state index contributed by atoms with van der Waals surface area (Å²) in [5.74, 6) is 0.102. The number of hydrogen-bond acceptors (Lipinski definition) is 7. The SMILES string of the molecule is CCCC1CC(=O)C2=C(C1)NC(C)=C(C#N)C2c1cc(Br)c(OCc2cccc(OC)c2)c(C(OC)C(N)=O)c1. The lowest BCUT2D eigenvalue weighted by Crippen LogP contribution is -2.34. The van der Waals surface area contributed by atoms with Gasteiger partial charge in [-0.25, -0.2) is 0 Å². The predicted octanol–water partition coefficient (Wildman–Crippen LogP) is 5.73. The molecule has 1 aliphatic carbocycles. The molecule has 9 heteroatoms. The lowest BCUT2D eigenvalue weighted by atomic mass is 9.72. The number of methoxy groups -OCH3 is 2. The third-order valence-electron chi connectivity index (χ3n) is 7.45. The standard InChI is InChI=1S/C31H34BrN3O5/c1-5-7-18-11-25-28(26(36)12-18)27(23(15-33)17(2)35-25)20-13-22(30(39-4)31(34)37)29(24(32)14-20)40-16-19-8-6-9-21(10-19)38-3/h6,8-10,13-14,18,27,30,35H,5,7,11-12,16H2,1-4H3,(H2,34,37). The van der Waals surface area contributed by atoms with Gasteiger partial charge in [-0.2, -0.15) is 5.26 Å². The molecule has 0 aromatic heterocycles. The second-order valence-electron chi connectivity index (χ2n) is 10.2. The molecule has 1 aliphatic heterocycles. The van der Waals surface area contributed by atoms with Crippen LogP contribution in [0.25, 0.3) is 0 Å². The van der Waals surface area contributed by atoms with Gasteiger partial charge >= 0.3 is 0 Å². The van der Waals surface area contributed by atoms with Crippen molar-refractivity contribution in [1.82, 2.24) is 5.32 Å². The summed E-state index contributed by atoms with van der Waals surface area (Å²) < 4.78 is 17.6. The first-order valence-electron chi connectivity index (χ1n) is 13.3. The molecular formula is C31H34BrN3O5. The molecule has 4 rings (SSSR count).